The van der Waals surface area contributed by atoms with Crippen molar-refractivity contribution in [3.8, 4) is 0 Å². The summed E-state index contributed by atoms with van der Waals surface area (Å²) < 4.78 is 4.44. The normalized spacial score (nSPS) is 15.6. The summed E-state index contributed by atoms with van der Waals surface area (Å²) in [4.78, 5) is 53.7. The van der Waals surface area contributed by atoms with Gasteiger partial charge in [0.1, 0.15) is 11.6 Å². The number of anilines is 1. The van der Waals surface area contributed by atoms with Gasteiger partial charge >= 0.3 is 5.69 Å². The molecule has 0 unspecified atom stereocenters. The van der Waals surface area contributed by atoms with Gasteiger partial charge in [0.05, 0.1) is 24.1 Å². The monoisotopic (exact) mass is 576 g/mol. The Bertz CT molecular complexity index is 2160. The second-order valence-corrected chi connectivity index (χ2v) is 11.2. The lowest BCUT2D eigenvalue weighted by atomic mass is 10.1. The summed E-state index contributed by atoms with van der Waals surface area (Å²) in [5.41, 5.74) is 9.20. The second kappa shape index (κ2) is 10.4. The smallest absolute Gasteiger partial charge is 0.332 e. The van der Waals surface area contributed by atoms with Crippen LogP contribution in [0.5, 0.6) is 0 Å². The topological polar surface area (TPSA) is 143 Å². The lowest BCUT2D eigenvalue weighted by Gasteiger charge is -2.31. The Morgan fingerprint density at radius 2 is 1.40 bits per heavy atom. The molecule has 1 aliphatic rings. The number of piperidine rings is 1. The number of hydrogen-bond acceptors (Lipinski definition) is 9. The highest BCUT2D eigenvalue weighted by Crippen LogP contribution is 2.25. The van der Waals surface area contributed by atoms with Crippen LogP contribution in [0.2, 0.25) is 0 Å². The first-order chi connectivity index (χ1) is 20.8. The van der Waals surface area contributed by atoms with Gasteiger partial charge < -0.3 is 10.6 Å². The Kier molecular flexibility index (Phi) is 6.50. The third-order valence-electron chi connectivity index (χ3n) is 8.23. The molecule has 0 spiro atoms. The molecule has 1 atom stereocenters. The molecule has 1 saturated heterocycles. The quantitative estimate of drug-likeness (QED) is 0.327. The molecule has 0 radical (unpaired) electrons. The summed E-state index contributed by atoms with van der Waals surface area (Å²) in [5.74, 6) is 1.50. The molecule has 218 valence electrons. The van der Waals surface area contributed by atoms with Gasteiger partial charge in [-0.25, -0.2) is 24.7 Å². The van der Waals surface area contributed by atoms with Crippen molar-refractivity contribution in [1.82, 2.24) is 38.6 Å². The van der Waals surface area contributed by atoms with Gasteiger partial charge in [-0.1, -0.05) is 36.4 Å². The van der Waals surface area contributed by atoms with Crippen LogP contribution in [0.4, 0.5) is 5.95 Å². The van der Waals surface area contributed by atoms with Gasteiger partial charge in [0, 0.05) is 48.3 Å². The van der Waals surface area contributed by atoms with Crippen molar-refractivity contribution < 1.29 is 0 Å². The molecular formula is C31H32N10O2. The average Bonchev–Trinajstić information content (AvgIpc) is 3.37. The van der Waals surface area contributed by atoms with Crippen molar-refractivity contribution in [2.75, 3.05) is 18.0 Å². The Hall–Kier alpha value is -4.97. The van der Waals surface area contributed by atoms with E-state index in [0.29, 0.717) is 35.3 Å². The molecule has 2 aromatic carbocycles. The first kappa shape index (κ1) is 26.9. The third-order valence-corrected chi connectivity index (χ3v) is 8.23. The fourth-order valence-corrected chi connectivity index (χ4v) is 6.10. The molecule has 6 aromatic rings. The van der Waals surface area contributed by atoms with Gasteiger partial charge in [-0.05, 0) is 38.8 Å². The van der Waals surface area contributed by atoms with Crippen molar-refractivity contribution in [3.05, 3.63) is 92.4 Å². The van der Waals surface area contributed by atoms with Gasteiger partial charge in [-0.3, -0.25) is 18.5 Å². The minimum atomic E-state index is -0.490. The van der Waals surface area contributed by atoms with Crippen molar-refractivity contribution >= 4 is 38.9 Å². The fraction of sp³-hybridized carbons (Fsp3) is 0.323. The molecule has 0 saturated carbocycles. The second-order valence-electron chi connectivity index (χ2n) is 11.2. The number of aromatic nitrogens is 8. The molecule has 0 aliphatic carbocycles. The van der Waals surface area contributed by atoms with E-state index in [0.717, 1.165) is 52.6 Å². The Morgan fingerprint density at radius 3 is 2.00 bits per heavy atom. The molecule has 4 aromatic heterocycles. The lowest BCUT2D eigenvalue weighted by molar-refractivity contribution is 0.494. The molecule has 5 heterocycles. The Balaban J connectivity index is 1.42. The van der Waals surface area contributed by atoms with Gasteiger partial charge in [0.25, 0.3) is 5.56 Å². The number of fused-ring (bicyclic) bond motifs is 3. The molecule has 1 fully saturated rings. The van der Waals surface area contributed by atoms with E-state index in [1.54, 1.807) is 7.05 Å². The zero-order chi connectivity index (χ0) is 29.8. The fourth-order valence-electron chi connectivity index (χ4n) is 6.10. The SMILES string of the molecule is Cc1nc(Cn2c(=O)c3c(nc(N4CCC[C@@H](N)C4)n3Cc3nc(C)c4ccccc4n3)n(C)c2=O)nc2ccccc12. The van der Waals surface area contributed by atoms with Gasteiger partial charge in [-0.15, -0.1) is 0 Å². The largest absolute Gasteiger partial charge is 0.341 e. The van der Waals surface area contributed by atoms with Crippen LogP contribution in [-0.4, -0.2) is 57.8 Å². The maximum atomic E-state index is 14.3. The van der Waals surface area contributed by atoms with Gasteiger partial charge in [-0.2, -0.15) is 4.98 Å². The average molecular weight is 577 g/mol. The maximum absolute atomic E-state index is 14.3. The molecule has 1 aliphatic heterocycles. The van der Waals surface area contributed by atoms with Crippen LogP contribution in [0, 0.1) is 13.8 Å². The van der Waals surface area contributed by atoms with E-state index in [1.807, 2.05) is 66.9 Å². The maximum Gasteiger partial charge on any atom is 0.332 e. The van der Waals surface area contributed by atoms with Crippen LogP contribution in [0.1, 0.15) is 35.9 Å². The van der Waals surface area contributed by atoms with E-state index in [9.17, 15) is 9.59 Å². The number of hydrogen-bond donors (Lipinski definition) is 1. The molecule has 43 heavy (non-hydrogen) atoms. The van der Waals surface area contributed by atoms with Crippen molar-refractivity contribution in [2.45, 2.75) is 45.8 Å². The van der Waals surface area contributed by atoms with Crippen LogP contribution in [0.25, 0.3) is 33.0 Å². The number of rotatable bonds is 5. The minimum Gasteiger partial charge on any atom is -0.341 e. The van der Waals surface area contributed by atoms with E-state index in [1.165, 1.54) is 9.13 Å². The van der Waals surface area contributed by atoms with Crippen LogP contribution in [-0.2, 0) is 20.1 Å². The summed E-state index contributed by atoms with van der Waals surface area (Å²) in [6.07, 6.45) is 1.82. The van der Waals surface area contributed by atoms with Crippen LogP contribution in [0.3, 0.4) is 0 Å². The molecule has 12 nitrogen and oxygen atoms in total. The van der Waals surface area contributed by atoms with Gasteiger partial charge in [0.15, 0.2) is 11.2 Å². The van der Waals surface area contributed by atoms with Crippen LogP contribution < -0.4 is 21.9 Å². The predicted octanol–water partition coefficient (Wildman–Crippen LogP) is 2.42. The summed E-state index contributed by atoms with van der Waals surface area (Å²) in [6.45, 7) is 5.30. The summed E-state index contributed by atoms with van der Waals surface area (Å²) in [5, 5.41) is 1.90. The summed E-state index contributed by atoms with van der Waals surface area (Å²) in [6, 6.07) is 15.5. The number of benzene rings is 2. The van der Waals surface area contributed by atoms with E-state index in [-0.39, 0.29) is 19.1 Å². The number of nitrogens with two attached hydrogens (primary N) is 1. The summed E-state index contributed by atoms with van der Waals surface area (Å²) >= 11 is 0. The van der Waals surface area contributed by atoms with Crippen molar-refractivity contribution in [3.63, 3.8) is 0 Å². The van der Waals surface area contributed by atoms with Crippen LogP contribution in [0.15, 0.2) is 58.1 Å². The minimum absolute atomic E-state index is 0.0186. The number of imidazole rings is 1. The lowest BCUT2D eigenvalue weighted by Crippen LogP contribution is -2.44. The zero-order valence-corrected chi connectivity index (χ0v) is 24.4. The van der Waals surface area contributed by atoms with Gasteiger partial charge in [0.2, 0.25) is 5.95 Å². The first-order valence-corrected chi connectivity index (χ1v) is 14.4. The van der Waals surface area contributed by atoms with E-state index < -0.39 is 11.2 Å². The molecular weight excluding hydrogens is 544 g/mol. The highest BCUT2D eigenvalue weighted by atomic mass is 16.2. The molecule has 7 rings (SSSR count). The molecule has 12 heteroatoms. The Morgan fingerprint density at radius 1 is 0.814 bits per heavy atom. The van der Waals surface area contributed by atoms with E-state index >= 15 is 0 Å². The first-order valence-electron chi connectivity index (χ1n) is 14.4. The van der Waals surface area contributed by atoms with Crippen LogP contribution >= 0.6 is 0 Å². The number of para-hydroxylation sites is 2. The number of nitrogens with zero attached hydrogens (tertiary/aromatic N) is 9. The highest BCUT2D eigenvalue weighted by molar-refractivity contribution is 5.81. The zero-order valence-electron chi connectivity index (χ0n) is 24.4. The van der Waals surface area contributed by atoms with E-state index in [4.69, 9.17) is 20.7 Å². The Labute approximate surface area is 246 Å². The standard InChI is InChI=1S/C31H32N10O2/c1-18-21-10-4-6-12-23(21)35-25(33-18)16-40-27-28(37-30(40)39-14-8-9-20(32)15-39)38(3)31(43)41(29(27)42)17-26-34-19(2)22-11-5-7-13-24(22)36-26/h4-7,10-13,20H,8-9,14-17,32H2,1-3H3/t20-/m1/s1. The van der Waals surface area contributed by atoms with E-state index in [2.05, 4.69) is 14.9 Å². The highest BCUT2D eigenvalue weighted by Gasteiger charge is 2.27. The third kappa shape index (κ3) is 4.63. The summed E-state index contributed by atoms with van der Waals surface area (Å²) in [7, 11) is 1.63. The number of aryl methyl sites for hydroxylation is 3. The molecule has 2 N–H and O–H groups in total. The molecule has 0 amide bonds. The van der Waals surface area contributed by atoms with Crippen molar-refractivity contribution in [2.24, 2.45) is 12.8 Å². The molecule has 0 bridgehead atoms. The van der Waals surface area contributed by atoms with Crippen molar-refractivity contribution in [1.29, 1.82) is 0 Å². The predicted molar refractivity (Wildman–Crippen MR) is 165 cm³/mol.